The zero-order valence-electron chi connectivity index (χ0n) is 16.5. The number of amides is 1. The molecule has 29 heavy (non-hydrogen) atoms. The molecule has 0 spiro atoms. The van der Waals surface area contributed by atoms with Gasteiger partial charge in [-0.1, -0.05) is 49.6 Å². The summed E-state index contributed by atoms with van der Waals surface area (Å²) in [6.07, 6.45) is 6.21. The summed E-state index contributed by atoms with van der Waals surface area (Å²) in [5.41, 5.74) is 1.28. The van der Waals surface area contributed by atoms with E-state index in [0.717, 1.165) is 12.1 Å². The van der Waals surface area contributed by atoms with Crippen molar-refractivity contribution in [1.29, 1.82) is 0 Å². The van der Waals surface area contributed by atoms with Gasteiger partial charge in [0.05, 0.1) is 17.5 Å². The van der Waals surface area contributed by atoms with E-state index < -0.39 is 9.84 Å². The molecule has 0 aromatic heterocycles. The SMILES string of the molecule is CC(=O)c1cccc(N2C(=NC(=O)CCC3CCCC3)S[C@@H]3CS(=O)(=O)C[C@@H]32)c1. The van der Waals surface area contributed by atoms with Gasteiger partial charge < -0.3 is 4.90 Å². The predicted molar refractivity (Wildman–Crippen MR) is 116 cm³/mol. The van der Waals surface area contributed by atoms with Gasteiger partial charge in [0, 0.05) is 22.9 Å². The third kappa shape index (κ3) is 4.58. The Kier molecular flexibility index (Phi) is 5.84. The van der Waals surface area contributed by atoms with Crippen LogP contribution in [0.15, 0.2) is 29.3 Å². The molecule has 6 nitrogen and oxygen atoms in total. The molecule has 3 fully saturated rings. The zero-order valence-corrected chi connectivity index (χ0v) is 18.2. The smallest absolute Gasteiger partial charge is 0.248 e. The van der Waals surface area contributed by atoms with E-state index in [1.54, 1.807) is 18.2 Å². The maximum atomic E-state index is 12.6. The number of aliphatic imine (C=N–C) groups is 1. The zero-order chi connectivity index (χ0) is 20.6. The summed E-state index contributed by atoms with van der Waals surface area (Å²) >= 11 is 1.38. The maximum Gasteiger partial charge on any atom is 0.248 e. The Balaban J connectivity index is 1.59. The fraction of sp³-hybridized carbons (Fsp3) is 0.571. The van der Waals surface area contributed by atoms with Gasteiger partial charge in [-0.3, -0.25) is 9.59 Å². The van der Waals surface area contributed by atoms with Crippen molar-refractivity contribution in [2.45, 2.75) is 56.7 Å². The van der Waals surface area contributed by atoms with Gasteiger partial charge in [-0.05, 0) is 31.4 Å². The lowest BCUT2D eigenvalue weighted by Crippen LogP contribution is -2.37. The number of benzene rings is 1. The number of carbonyl (C=O) groups excluding carboxylic acids is 2. The van der Waals surface area contributed by atoms with Crippen molar-refractivity contribution in [1.82, 2.24) is 0 Å². The summed E-state index contributed by atoms with van der Waals surface area (Å²) < 4.78 is 24.3. The third-order valence-corrected chi connectivity index (χ3v) is 9.27. The standard InChI is InChI=1S/C21H26N2O4S2/c1-14(24)16-7-4-8-17(11-16)23-18-12-29(26,27)13-19(18)28-21(23)22-20(25)10-9-15-5-2-3-6-15/h4,7-8,11,15,18-19H,2-3,5-6,9-10,12-13H2,1H3/t18-,19+/m0/s1. The molecular formula is C21H26N2O4S2. The van der Waals surface area contributed by atoms with Gasteiger partial charge in [0.1, 0.15) is 0 Å². The van der Waals surface area contributed by atoms with Crippen LogP contribution in [0.5, 0.6) is 0 Å². The summed E-state index contributed by atoms with van der Waals surface area (Å²) in [6.45, 7) is 1.50. The van der Waals surface area contributed by atoms with Gasteiger partial charge in [-0.25, -0.2) is 8.42 Å². The first-order valence-electron chi connectivity index (χ1n) is 10.2. The quantitative estimate of drug-likeness (QED) is 0.660. The average Bonchev–Trinajstić information content (AvgIpc) is 3.34. The van der Waals surface area contributed by atoms with Crippen LogP contribution < -0.4 is 4.90 Å². The van der Waals surface area contributed by atoms with E-state index in [1.807, 2.05) is 11.0 Å². The van der Waals surface area contributed by atoms with Crippen molar-refractivity contribution >= 4 is 44.1 Å². The van der Waals surface area contributed by atoms with Crippen LogP contribution in [0.1, 0.15) is 55.8 Å². The molecule has 0 radical (unpaired) electrons. The van der Waals surface area contributed by atoms with E-state index in [2.05, 4.69) is 4.99 Å². The number of ketones is 1. The fourth-order valence-electron chi connectivity index (χ4n) is 4.53. The Morgan fingerprint density at radius 3 is 2.69 bits per heavy atom. The molecular weight excluding hydrogens is 408 g/mol. The molecule has 1 amide bonds. The molecule has 1 aliphatic carbocycles. The van der Waals surface area contributed by atoms with Crippen LogP contribution in [0.4, 0.5) is 5.69 Å². The number of hydrogen-bond acceptors (Lipinski definition) is 5. The lowest BCUT2D eigenvalue weighted by molar-refractivity contribution is -0.118. The maximum absolute atomic E-state index is 12.6. The molecule has 156 valence electrons. The Labute approximate surface area is 176 Å². The highest BCUT2D eigenvalue weighted by molar-refractivity contribution is 8.16. The van der Waals surface area contributed by atoms with Crippen LogP contribution >= 0.6 is 11.8 Å². The van der Waals surface area contributed by atoms with Gasteiger partial charge in [0.2, 0.25) is 5.91 Å². The molecule has 4 rings (SSSR count). The number of fused-ring (bicyclic) bond motifs is 1. The van der Waals surface area contributed by atoms with Gasteiger partial charge in [-0.15, -0.1) is 0 Å². The molecule has 0 N–H and O–H groups in total. The first-order chi connectivity index (χ1) is 13.8. The van der Waals surface area contributed by atoms with Crippen molar-refractivity contribution in [3.63, 3.8) is 0 Å². The first-order valence-corrected chi connectivity index (χ1v) is 12.9. The van der Waals surface area contributed by atoms with E-state index in [-0.39, 0.29) is 34.5 Å². The number of sulfone groups is 1. The van der Waals surface area contributed by atoms with Gasteiger partial charge >= 0.3 is 0 Å². The summed E-state index contributed by atoms with van der Waals surface area (Å²) in [5, 5.41) is 0.425. The normalized spacial score (nSPS) is 27.5. The Morgan fingerprint density at radius 2 is 1.97 bits per heavy atom. The molecule has 2 heterocycles. The molecule has 0 bridgehead atoms. The van der Waals surface area contributed by atoms with Gasteiger partial charge in [0.25, 0.3) is 0 Å². The van der Waals surface area contributed by atoms with Gasteiger partial charge in [-0.2, -0.15) is 4.99 Å². The molecule has 2 atom stereocenters. The summed E-state index contributed by atoms with van der Waals surface area (Å²) in [4.78, 5) is 30.6. The van der Waals surface area contributed by atoms with Crippen LogP contribution in [-0.2, 0) is 14.6 Å². The monoisotopic (exact) mass is 434 g/mol. The summed E-state index contributed by atoms with van der Waals surface area (Å²) in [6, 6.07) is 6.87. The number of rotatable bonds is 5. The first kappa shape index (κ1) is 20.6. The Morgan fingerprint density at radius 1 is 1.21 bits per heavy atom. The molecule has 2 saturated heterocycles. The Bertz CT molecular complexity index is 951. The molecule has 0 unspecified atom stereocenters. The highest BCUT2D eigenvalue weighted by Gasteiger charge is 2.49. The lowest BCUT2D eigenvalue weighted by Gasteiger charge is -2.25. The second-order valence-corrected chi connectivity index (χ2v) is 11.6. The summed E-state index contributed by atoms with van der Waals surface area (Å²) in [5.74, 6) is 0.573. The van der Waals surface area contributed by atoms with Crippen molar-refractivity contribution in [2.24, 2.45) is 10.9 Å². The largest absolute Gasteiger partial charge is 0.316 e. The highest BCUT2D eigenvalue weighted by Crippen LogP contribution is 2.41. The third-order valence-electron chi connectivity index (χ3n) is 6.06. The molecule has 8 heteroatoms. The van der Waals surface area contributed by atoms with E-state index in [4.69, 9.17) is 0 Å². The fourth-order valence-corrected chi connectivity index (χ4v) is 8.46. The molecule has 1 aromatic rings. The minimum atomic E-state index is -3.12. The molecule has 3 aliphatic rings. The molecule has 2 aliphatic heterocycles. The van der Waals surface area contributed by atoms with E-state index >= 15 is 0 Å². The van der Waals surface area contributed by atoms with Crippen molar-refractivity contribution in [3.8, 4) is 0 Å². The number of carbonyl (C=O) groups is 2. The number of anilines is 1. The summed E-state index contributed by atoms with van der Waals surface area (Å²) in [7, 11) is -3.12. The predicted octanol–water partition coefficient (Wildman–Crippen LogP) is 3.46. The average molecular weight is 435 g/mol. The van der Waals surface area contributed by atoms with Crippen molar-refractivity contribution in [2.75, 3.05) is 16.4 Å². The number of amidine groups is 1. The van der Waals surface area contributed by atoms with Crippen LogP contribution in [0.2, 0.25) is 0 Å². The highest BCUT2D eigenvalue weighted by atomic mass is 32.2. The number of Topliss-reactive ketones (excluding diaryl/α,β-unsaturated/α-hetero) is 1. The van der Waals surface area contributed by atoms with E-state index in [1.165, 1.54) is 44.4 Å². The minimum Gasteiger partial charge on any atom is -0.316 e. The van der Waals surface area contributed by atoms with Crippen LogP contribution in [-0.4, -0.2) is 48.1 Å². The van der Waals surface area contributed by atoms with Crippen molar-refractivity contribution in [3.05, 3.63) is 29.8 Å². The molecule has 1 saturated carbocycles. The number of thioether (sulfide) groups is 1. The van der Waals surface area contributed by atoms with Crippen LogP contribution in [0.25, 0.3) is 0 Å². The number of nitrogens with zero attached hydrogens (tertiary/aromatic N) is 2. The van der Waals surface area contributed by atoms with E-state index in [0.29, 0.717) is 23.1 Å². The second-order valence-electron chi connectivity index (χ2n) is 8.25. The number of hydrogen-bond donors (Lipinski definition) is 0. The second kappa shape index (κ2) is 8.22. The lowest BCUT2D eigenvalue weighted by atomic mass is 10.0. The molecule has 1 aromatic carbocycles. The van der Waals surface area contributed by atoms with Gasteiger partial charge in [0.15, 0.2) is 20.8 Å². The Hall–Kier alpha value is -1.67. The van der Waals surface area contributed by atoms with Crippen LogP contribution in [0.3, 0.4) is 0 Å². The van der Waals surface area contributed by atoms with Crippen LogP contribution in [0, 0.1) is 5.92 Å². The van der Waals surface area contributed by atoms with Crippen molar-refractivity contribution < 1.29 is 18.0 Å². The minimum absolute atomic E-state index is 0.0459. The van der Waals surface area contributed by atoms with E-state index in [9.17, 15) is 18.0 Å². The topological polar surface area (TPSA) is 83.9 Å².